The van der Waals surface area contributed by atoms with E-state index in [0.717, 1.165) is 64.9 Å². The molecule has 1 unspecified atom stereocenters. The molecule has 2 aliphatic heterocycles. The van der Waals surface area contributed by atoms with Crippen LogP contribution in [0, 0.1) is 0 Å². The number of hydrogen-bond donors (Lipinski definition) is 2. The Morgan fingerprint density at radius 3 is 2.58 bits per heavy atom. The lowest BCUT2D eigenvalue weighted by atomic mass is 10.2. The molecular formula is C18H36N4O2. The molecule has 0 amide bonds. The molecule has 0 bridgehead atoms. The van der Waals surface area contributed by atoms with Gasteiger partial charge in [-0.15, -0.1) is 0 Å². The normalized spacial score (nSPS) is 22.7. The number of hydrogen-bond acceptors (Lipinski definition) is 4. The fourth-order valence-electron chi connectivity index (χ4n) is 3.03. The number of morpholine rings is 1. The van der Waals surface area contributed by atoms with Gasteiger partial charge in [0, 0.05) is 32.8 Å². The van der Waals surface area contributed by atoms with E-state index in [1.165, 1.54) is 38.6 Å². The Labute approximate surface area is 147 Å². The zero-order chi connectivity index (χ0) is 16.9. The molecule has 2 N–H and O–H groups in total. The number of aliphatic imine (C=N–C) groups is 1. The zero-order valence-electron chi connectivity index (χ0n) is 15.4. The van der Waals surface area contributed by atoms with E-state index in [0.29, 0.717) is 6.10 Å². The van der Waals surface area contributed by atoms with Crippen molar-refractivity contribution in [1.29, 1.82) is 0 Å². The molecule has 6 heteroatoms. The quantitative estimate of drug-likeness (QED) is 0.359. The van der Waals surface area contributed by atoms with Crippen LogP contribution in [0.4, 0.5) is 0 Å². The molecule has 2 rings (SSSR count). The van der Waals surface area contributed by atoms with Crippen molar-refractivity contribution in [3.05, 3.63) is 0 Å². The summed E-state index contributed by atoms with van der Waals surface area (Å²) in [4.78, 5) is 7.20. The van der Waals surface area contributed by atoms with Gasteiger partial charge in [0.15, 0.2) is 5.96 Å². The van der Waals surface area contributed by atoms with Crippen LogP contribution in [-0.4, -0.2) is 76.1 Å². The van der Waals surface area contributed by atoms with Gasteiger partial charge in [0.25, 0.3) is 0 Å². The molecule has 1 atom stereocenters. The minimum atomic E-state index is 0.316. The van der Waals surface area contributed by atoms with E-state index in [-0.39, 0.29) is 0 Å². The van der Waals surface area contributed by atoms with Gasteiger partial charge in [0.1, 0.15) is 0 Å². The first-order valence-electron chi connectivity index (χ1n) is 9.82. The zero-order valence-corrected chi connectivity index (χ0v) is 15.4. The lowest BCUT2D eigenvalue weighted by Crippen LogP contribution is -2.39. The third-order valence-corrected chi connectivity index (χ3v) is 4.60. The highest BCUT2D eigenvalue weighted by molar-refractivity contribution is 5.79. The molecule has 0 aromatic heterocycles. The van der Waals surface area contributed by atoms with Crippen LogP contribution in [0.25, 0.3) is 0 Å². The van der Waals surface area contributed by atoms with Crippen molar-refractivity contribution >= 4 is 5.96 Å². The molecule has 0 saturated carbocycles. The Bertz CT molecular complexity index is 340. The average Bonchev–Trinajstić information content (AvgIpc) is 3.13. The second kappa shape index (κ2) is 12.5. The third kappa shape index (κ3) is 8.31. The average molecular weight is 341 g/mol. The number of nitrogens with one attached hydrogen (secondary N) is 2. The highest BCUT2D eigenvalue weighted by atomic mass is 16.5. The van der Waals surface area contributed by atoms with Crippen molar-refractivity contribution in [3.8, 4) is 0 Å². The van der Waals surface area contributed by atoms with E-state index in [1.807, 2.05) is 0 Å². The lowest BCUT2D eigenvalue weighted by molar-refractivity contribution is 0.0372. The van der Waals surface area contributed by atoms with Gasteiger partial charge in [-0.25, -0.2) is 0 Å². The van der Waals surface area contributed by atoms with Crippen LogP contribution in [0.15, 0.2) is 4.99 Å². The molecule has 0 spiro atoms. The smallest absolute Gasteiger partial charge is 0.191 e. The van der Waals surface area contributed by atoms with E-state index in [4.69, 9.17) is 14.5 Å². The van der Waals surface area contributed by atoms with Gasteiger partial charge >= 0.3 is 0 Å². The number of ether oxygens (including phenoxy) is 2. The molecule has 2 fully saturated rings. The number of rotatable bonds is 10. The highest BCUT2D eigenvalue weighted by Crippen LogP contribution is 2.11. The van der Waals surface area contributed by atoms with E-state index < -0.39 is 0 Å². The van der Waals surface area contributed by atoms with Crippen LogP contribution in [0.5, 0.6) is 0 Å². The molecule has 0 aliphatic carbocycles. The minimum Gasteiger partial charge on any atom is -0.379 e. The fourth-order valence-corrected chi connectivity index (χ4v) is 3.03. The maximum atomic E-state index is 5.66. The Kier molecular flexibility index (Phi) is 10.1. The molecule has 0 aromatic carbocycles. The second-order valence-electron chi connectivity index (χ2n) is 6.69. The summed E-state index contributed by atoms with van der Waals surface area (Å²) in [6.45, 7) is 11.0. The first-order valence-corrected chi connectivity index (χ1v) is 9.82. The van der Waals surface area contributed by atoms with Crippen molar-refractivity contribution < 1.29 is 9.47 Å². The SMILES string of the molecule is CCCCNC(=NCC1CCCO1)NCCCCN1CCOCC1. The van der Waals surface area contributed by atoms with Gasteiger partial charge in [-0.1, -0.05) is 13.3 Å². The monoisotopic (exact) mass is 340 g/mol. The number of guanidine groups is 1. The first kappa shape index (κ1) is 19.5. The van der Waals surface area contributed by atoms with Gasteiger partial charge in [0.05, 0.1) is 25.9 Å². The van der Waals surface area contributed by atoms with Crippen molar-refractivity contribution in [1.82, 2.24) is 15.5 Å². The topological polar surface area (TPSA) is 58.1 Å². The van der Waals surface area contributed by atoms with Crippen LogP contribution in [-0.2, 0) is 9.47 Å². The molecule has 2 aliphatic rings. The molecule has 140 valence electrons. The predicted molar refractivity (Wildman–Crippen MR) is 98.7 cm³/mol. The van der Waals surface area contributed by atoms with Gasteiger partial charge in [-0.3, -0.25) is 9.89 Å². The largest absolute Gasteiger partial charge is 0.379 e. The summed E-state index contributed by atoms with van der Waals surface area (Å²) in [7, 11) is 0. The van der Waals surface area contributed by atoms with Crippen LogP contribution < -0.4 is 10.6 Å². The van der Waals surface area contributed by atoms with Crippen LogP contribution in [0.3, 0.4) is 0 Å². The van der Waals surface area contributed by atoms with Crippen LogP contribution >= 0.6 is 0 Å². The third-order valence-electron chi connectivity index (χ3n) is 4.60. The van der Waals surface area contributed by atoms with Crippen molar-refractivity contribution in [2.45, 2.75) is 51.6 Å². The van der Waals surface area contributed by atoms with Gasteiger partial charge in [-0.2, -0.15) is 0 Å². The summed E-state index contributed by atoms with van der Waals surface area (Å²) in [5.41, 5.74) is 0. The van der Waals surface area contributed by atoms with Crippen molar-refractivity contribution in [2.24, 2.45) is 4.99 Å². The maximum Gasteiger partial charge on any atom is 0.191 e. The summed E-state index contributed by atoms with van der Waals surface area (Å²) in [6.07, 6.45) is 7.41. The Morgan fingerprint density at radius 2 is 1.88 bits per heavy atom. The standard InChI is InChI=1S/C18H36N4O2/c1-2-3-8-19-18(21-16-17-7-6-13-24-17)20-9-4-5-10-22-11-14-23-15-12-22/h17H,2-16H2,1H3,(H2,19,20,21). The molecule has 2 heterocycles. The van der Waals surface area contributed by atoms with Crippen molar-refractivity contribution in [3.63, 3.8) is 0 Å². The van der Waals surface area contributed by atoms with Gasteiger partial charge in [-0.05, 0) is 38.6 Å². The molecule has 0 aromatic rings. The molecule has 24 heavy (non-hydrogen) atoms. The Hall–Kier alpha value is -0.850. The van der Waals surface area contributed by atoms with Crippen LogP contribution in [0.1, 0.15) is 45.4 Å². The number of nitrogens with zero attached hydrogens (tertiary/aromatic N) is 2. The molecular weight excluding hydrogens is 304 g/mol. The predicted octanol–water partition coefficient (Wildman–Crippen LogP) is 1.61. The summed E-state index contributed by atoms with van der Waals surface area (Å²) >= 11 is 0. The number of unbranched alkanes of at least 4 members (excludes halogenated alkanes) is 2. The lowest BCUT2D eigenvalue weighted by Gasteiger charge is -2.26. The summed E-state index contributed by atoms with van der Waals surface area (Å²) in [5, 5.41) is 6.92. The molecule has 6 nitrogen and oxygen atoms in total. The van der Waals surface area contributed by atoms with E-state index >= 15 is 0 Å². The summed E-state index contributed by atoms with van der Waals surface area (Å²) < 4.78 is 11.0. The highest BCUT2D eigenvalue weighted by Gasteiger charge is 2.15. The molecule has 2 saturated heterocycles. The van der Waals surface area contributed by atoms with E-state index in [9.17, 15) is 0 Å². The fraction of sp³-hybridized carbons (Fsp3) is 0.944. The Morgan fingerprint density at radius 1 is 1.08 bits per heavy atom. The second-order valence-corrected chi connectivity index (χ2v) is 6.69. The Balaban J connectivity index is 1.60. The van der Waals surface area contributed by atoms with Gasteiger partial charge in [0.2, 0.25) is 0 Å². The molecule has 0 radical (unpaired) electrons. The minimum absolute atomic E-state index is 0.316. The first-order chi connectivity index (χ1) is 11.9. The summed E-state index contributed by atoms with van der Waals surface area (Å²) in [5.74, 6) is 0.949. The van der Waals surface area contributed by atoms with Crippen LogP contribution in [0.2, 0.25) is 0 Å². The summed E-state index contributed by atoms with van der Waals surface area (Å²) in [6, 6.07) is 0. The van der Waals surface area contributed by atoms with Crippen molar-refractivity contribution in [2.75, 3.05) is 59.1 Å². The van der Waals surface area contributed by atoms with E-state index in [2.05, 4.69) is 22.5 Å². The maximum absolute atomic E-state index is 5.66. The van der Waals surface area contributed by atoms with Gasteiger partial charge < -0.3 is 20.1 Å². The van der Waals surface area contributed by atoms with E-state index in [1.54, 1.807) is 0 Å².